The lowest BCUT2D eigenvalue weighted by Crippen LogP contribution is -2.08. The van der Waals surface area contributed by atoms with Crippen LogP contribution in [-0.2, 0) is 0 Å². The normalized spacial score (nSPS) is 14.2. The molecular formula is C11H20F3I. The van der Waals surface area contributed by atoms with Gasteiger partial charge in [-0.25, -0.2) is 0 Å². The smallest absolute Gasteiger partial charge is 0.171 e. The Hall–Kier alpha value is 0.520. The summed E-state index contributed by atoms with van der Waals surface area (Å²) in [7, 11) is 0. The fourth-order valence-corrected chi connectivity index (χ4v) is 2.34. The highest BCUT2D eigenvalue weighted by Gasteiger charge is 2.26. The van der Waals surface area contributed by atoms with Gasteiger partial charge in [0.2, 0.25) is 0 Å². The summed E-state index contributed by atoms with van der Waals surface area (Å²) in [5.74, 6) is 0. The van der Waals surface area contributed by atoms with Crippen LogP contribution < -0.4 is 0 Å². The maximum absolute atomic E-state index is 11.9. The molecule has 0 nitrogen and oxygen atoms in total. The largest absolute Gasteiger partial charge is 0.389 e. The van der Waals surface area contributed by atoms with E-state index < -0.39 is 12.6 Å². The molecule has 0 aliphatic heterocycles. The molecule has 4 heteroatoms. The summed E-state index contributed by atoms with van der Waals surface area (Å²) in [6.45, 7) is 2.16. The van der Waals surface area contributed by atoms with Gasteiger partial charge >= 0.3 is 6.18 Å². The number of unbranched alkanes of at least 4 members (excludes halogenated alkanes) is 3. The van der Waals surface area contributed by atoms with Crippen LogP contribution in [0.1, 0.15) is 58.3 Å². The van der Waals surface area contributed by atoms with E-state index in [0.717, 1.165) is 12.8 Å². The summed E-state index contributed by atoms with van der Waals surface area (Å²) in [6, 6.07) is 0. The van der Waals surface area contributed by atoms with Crippen LogP contribution in [-0.4, -0.2) is 10.1 Å². The zero-order valence-electron chi connectivity index (χ0n) is 9.25. The highest BCUT2D eigenvalue weighted by molar-refractivity contribution is 14.1. The van der Waals surface area contributed by atoms with E-state index in [2.05, 4.69) is 29.5 Å². The Morgan fingerprint density at radius 2 is 1.60 bits per heavy atom. The predicted molar refractivity (Wildman–Crippen MR) is 66.5 cm³/mol. The first-order valence-electron chi connectivity index (χ1n) is 5.66. The third kappa shape index (κ3) is 12.5. The molecular weight excluding hydrogens is 316 g/mol. The predicted octanol–water partition coefficient (Wildman–Crippen LogP) is 5.49. The maximum atomic E-state index is 11.9. The van der Waals surface area contributed by atoms with Gasteiger partial charge < -0.3 is 0 Å². The van der Waals surface area contributed by atoms with Crippen LogP contribution >= 0.6 is 22.6 Å². The molecule has 0 fully saturated rings. The lowest BCUT2D eigenvalue weighted by Gasteiger charge is -2.10. The minimum Gasteiger partial charge on any atom is -0.171 e. The number of alkyl halides is 4. The van der Waals surface area contributed by atoms with Crippen molar-refractivity contribution >= 4 is 22.6 Å². The van der Waals surface area contributed by atoms with Crippen LogP contribution in [0.5, 0.6) is 0 Å². The molecule has 0 spiro atoms. The van der Waals surface area contributed by atoms with Gasteiger partial charge in [0.1, 0.15) is 0 Å². The summed E-state index contributed by atoms with van der Waals surface area (Å²) < 4.78 is 36.0. The van der Waals surface area contributed by atoms with Gasteiger partial charge in [-0.05, 0) is 19.3 Å². The first-order chi connectivity index (χ1) is 6.95. The van der Waals surface area contributed by atoms with Crippen molar-refractivity contribution in [3.63, 3.8) is 0 Å². The van der Waals surface area contributed by atoms with Crippen LogP contribution in [0.15, 0.2) is 0 Å². The fourth-order valence-electron chi connectivity index (χ4n) is 1.46. The Balaban J connectivity index is 3.29. The third-order valence-electron chi connectivity index (χ3n) is 2.35. The van der Waals surface area contributed by atoms with E-state index in [1.807, 2.05) is 0 Å². The van der Waals surface area contributed by atoms with Gasteiger partial charge in [-0.15, -0.1) is 0 Å². The average Bonchev–Trinajstić information content (AvgIpc) is 2.10. The van der Waals surface area contributed by atoms with E-state index in [4.69, 9.17) is 0 Å². The fraction of sp³-hybridized carbons (Fsp3) is 1.00. The van der Waals surface area contributed by atoms with Crippen molar-refractivity contribution in [2.45, 2.75) is 68.4 Å². The first kappa shape index (κ1) is 15.5. The van der Waals surface area contributed by atoms with E-state index in [9.17, 15) is 13.2 Å². The maximum Gasteiger partial charge on any atom is 0.389 e. The van der Waals surface area contributed by atoms with Crippen molar-refractivity contribution < 1.29 is 13.2 Å². The monoisotopic (exact) mass is 336 g/mol. The van der Waals surface area contributed by atoms with Crippen molar-refractivity contribution in [1.82, 2.24) is 0 Å². The van der Waals surface area contributed by atoms with Crippen molar-refractivity contribution in [3.05, 3.63) is 0 Å². The molecule has 0 radical (unpaired) electrons. The van der Waals surface area contributed by atoms with E-state index in [1.165, 1.54) is 19.3 Å². The van der Waals surface area contributed by atoms with Gasteiger partial charge in [0.05, 0.1) is 0 Å². The number of hydrogen-bond donors (Lipinski definition) is 0. The molecule has 0 rings (SSSR count). The van der Waals surface area contributed by atoms with Crippen LogP contribution in [0.25, 0.3) is 0 Å². The first-order valence-corrected chi connectivity index (χ1v) is 6.91. The second-order valence-corrected chi connectivity index (χ2v) is 5.72. The molecule has 1 unspecified atom stereocenters. The Labute approximate surface area is 104 Å². The van der Waals surface area contributed by atoms with Crippen LogP contribution in [0.4, 0.5) is 13.2 Å². The Kier molecular flexibility index (Phi) is 8.95. The number of rotatable bonds is 8. The molecule has 0 aromatic carbocycles. The second-order valence-electron chi connectivity index (χ2n) is 3.95. The summed E-state index contributed by atoms with van der Waals surface area (Å²) in [5, 5.41) is 0. The van der Waals surface area contributed by atoms with Gasteiger partial charge in [-0.3, -0.25) is 0 Å². The summed E-state index contributed by atoms with van der Waals surface area (Å²) >= 11 is 2.28. The SMILES string of the molecule is CCCCCCC(I)CCCC(F)(F)F. The molecule has 0 aliphatic carbocycles. The van der Waals surface area contributed by atoms with Crippen molar-refractivity contribution in [3.8, 4) is 0 Å². The van der Waals surface area contributed by atoms with Gasteiger partial charge in [0.15, 0.2) is 0 Å². The lowest BCUT2D eigenvalue weighted by molar-refractivity contribution is -0.135. The Bertz CT molecular complexity index is 145. The molecule has 15 heavy (non-hydrogen) atoms. The third-order valence-corrected chi connectivity index (χ3v) is 3.59. The van der Waals surface area contributed by atoms with Crippen LogP contribution in [0.3, 0.4) is 0 Å². The lowest BCUT2D eigenvalue weighted by atomic mass is 10.1. The average molecular weight is 336 g/mol. The minimum absolute atomic E-state index is 0.283. The topological polar surface area (TPSA) is 0 Å². The van der Waals surface area contributed by atoms with Crippen LogP contribution in [0, 0.1) is 0 Å². The molecule has 0 bridgehead atoms. The van der Waals surface area contributed by atoms with E-state index in [1.54, 1.807) is 0 Å². The molecule has 0 aromatic rings. The molecule has 0 N–H and O–H groups in total. The summed E-state index contributed by atoms with van der Waals surface area (Å²) in [6.07, 6.45) is 2.28. The number of hydrogen-bond acceptors (Lipinski definition) is 0. The highest BCUT2D eigenvalue weighted by Crippen LogP contribution is 2.25. The quantitative estimate of drug-likeness (QED) is 0.312. The Morgan fingerprint density at radius 1 is 1.00 bits per heavy atom. The standard InChI is InChI=1S/C11H20F3I/c1-2-3-4-5-7-10(15)8-6-9-11(12,13)14/h10H,2-9H2,1H3. The van der Waals surface area contributed by atoms with E-state index >= 15 is 0 Å². The van der Waals surface area contributed by atoms with E-state index in [0.29, 0.717) is 10.3 Å². The Morgan fingerprint density at radius 3 is 2.13 bits per heavy atom. The van der Waals surface area contributed by atoms with Gasteiger partial charge in [-0.1, -0.05) is 55.2 Å². The zero-order chi connectivity index (χ0) is 11.7. The van der Waals surface area contributed by atoms with Crippen molar-refractivity contribution in [1.29, 1.82) is 0 Å². The van der Waals surface area contributed by atoms with Gasteiger partial charge in [0.25, 0.3) is 0 Å². The minimum atomic E-state index is -3.97. The molecule has 0 aliphatic rings. The van der Waals surface area contributed by atoms with Crippen molar-refractivity contribution in [2.75, 3.05) is 0 Å². The molecule has 0 saturated carbocycles. The second kappa shape index (κ2) is 8.65. The van der Waals surface area contributed by atoms with Crippen molar-refractivity contribution in [2.24, 2.45) is 0 Å². The zero-order valence-corrected chi connectivity index (χ0v) is 11.4. The molecule has 0 saturated heterocycles. The molecule has 0 heterocycles. The van der Waals surface area contributed by atoms with E-state index in [-0.39, 0.29) is 6.42 Å². The highest BCUT2D eigenvalue weighted by atomic mass is 127. The van der Waals surface area contributed by atoms with Gasteiger partial charge in [0, 0.05) is 10.3 Å². The molecule has 92 valence electrons. The summed E-state index contributed by atoms with van der Waals surface area (Å²) in [5.41, 5.74) is 0. The van der Waals surface area contributed by atoms with Crippen LogP contribution in [0.2, 0.25) is 0 Å². The van der Waals surface area contributed by atoms with Gasteiger partial charge in [-0.2, -0.15) is 13.2 Å². The molecule has 1 atom stereocenters. The molecule has 0 amide bonds. The summed E-state index contributed by atoms with van der Waals surface area (Å²) in [4.78, 5) is 0. The number of halogens is 4. The molecule has 0 aromatic heterocycles.